The van der Waals surface area contributed by atoms with E-state index < -0.39 is 0 Å². The van der Waals surface area contributed by atoms with E-state index in [2.05, 4.69) is 43.0 Å². The van der Waals surface area contributed by atoms with E-state index in [4.69, 9.17) is 11.6 Å². The van der Waals surface area contributed by atoms with Gasteiger partial charge in [-0.3, -0.25) is 4.90 Å². The van der Waals surface area contributed by atoms with Crippen LogP contribution in [0.5, 0.6) is 5.75 Å². The van der Waals surface area contributed by atoms with E-state index in [0.717, 1.165) is 25.2 Å². The summed E-state index contributed by atoms with van der Waals surface area (Å²) in [5.74, 6) is 0.725. The lowest BCUT2D eigenvalue weighted by atomic mass is 10.1. The first-order valence-corrected chi connectivity index (χ1v) is 7.66. The molecule has 2 rings (SSSR count). The second kappa shape index (κ2) is 7.48. The zero-order valence-corrected chi connectivity index (χ0v) is 13.3. The molecule has 0 amide bonds. The molecule has 0 bridgehead atoms. The number of hydrogen-bond donors (Lipinski definition) is 1. The van der Waals surface area contributed by atoms with Crippen LogP contribution in [-0.4, -0.2) is 16.6 Å². The minimum Gasteiger partial charge on any atom is -0.506 e. The number of benzene rings is 2. The summed E-state index contributed by atoms with van der Waals surface area (Å²) in [7, 11) is 0. The number of phenolic OH excluding ortho intramolecular Hbond substituents is 1. The van der Waals surface area contributed by atoms with Crippen LogP contribution in [0.2, 0.25) is 5.02 Å². The molecule has 3 heteroatoms. The van der Waals surface area contributed by atoms with Crippen molar-refractivity contribution in [1.29, 1.82) is 0 Å². The van der Waals surface area contributed by atoms with Crippen molar-refractivity contribution in [2.75, 3.05) is 6.54 Å². The Bertz CT molecular complexity index is 569. The van der Waals surface area contributed by atoms with Crippen LogP contribution >= 0.6 is 11.6 Å². The van der Waals surface area contributed by atoms with Crippen molar-refractivity contribution in [3.63, 3.8) is 0 Å². The van der Waals surface area contributed by atoms with Crippen LogP contribution in [-0.2, 0) is 13.1 Å². The van der Waals surface area contributed by atoms with E-state index in [-0.39, 0.29) is 5.75 Å². The molecule has 112 valence electrons. The van der Waals surface area contributed by atoms with Crippen molar-refractivity contribution in [3.8, 4) is 5.75 Å². The summed E-state index contributed by atoms with van der Waals surface area (Å²) in [6, 6.07) is 15.9. The third-order valence-corrected chi connectivity index (χ3v) is 3.76. The summed E-state index contributed by atoms with van der Waals surface area (Å²) < 4.78 is 0. The number of hydrogen-bond acceptors (Lipinski definition) is 2. The molecule has 0 aliphatic carbocycles. The number of halogens is 1. The molecule has 0 aromatic heterocycles. The first-order valence-electron chi connectivity index (χ1n) is 7.29. The van der Waals surface area contributed by atoms with Crippen LogP contribution in [0, 0.1) is 5.92 Å². The fraction of sp³-hybridized carbons (Fsp3) is 0.333. The fourth-order valence-corrected chi connectivity index (χ4v) is 2.66. The molecular formula is C18H22ClNO. The highest BCUT2D eigenvalue weighted by atomic mass is 35.5. The summed E-state index contributed by atoms with van der Waals surface area (Å²) in [4.78, 5) is 2.36. The smallest absolute Gasteiger partial charge is 0.134 e. The van der Waals surface area contributed by atoms with Gasteiger partial charge in [0.25, 0.3) is 0 Å². The molecule has 0 aliphatic rings. The van der Waals surface area contributed by atoms with Crippen molar-refractivity contribution >= 4 is 11.6 Å². The summed E-state index contributed by atoms with van der Waals surface area (Å²) in [6.07, 6.45) is 0. The van der Waals surface area contributed by atoms with Gasteiger partial charge in [0.2, 0.25) is 0 Å². The third-order valence-electron chi connectivity index (χ3n) is 3.32. The van der Waals surface area contributed by atoms with Crippen molar-refractivity contribution in [1.82, 2.24) is 4.90 Å². The van der Waals surface area contributed by atoms with E-state index in [1.165, 1.54) is 5.56 Å². The predicted octanol–water partition coefficient (Wildman–Crippen LogP) is 4.70. The number of rotatable bonds is 6. The van der Waals surface area contributed by atoms with E-state index in [9.17, 15) is 5.11 Å². The average molecular weight is 304 g/mol. The Hall–Kier alpha value is -1.51. The zero-order chi connectivity index (χ0) is 15.2. The lowest BCUT2D eigenvalue weighted by Gasteiger charge is -2.25. The van der Waals surface area contributed by atoms with Gasteiger partial charge in [-0.25, -0.2) is 0 Å². The topological polar surface area (TPSA) is 23.5 Å². The lowest BCUT2D eigenvalue weighted by molar-refractivity contribution is 0.227. The Kier molecular flexibility index (Phi) is 5.66. The molecule has 1 N–H and O–H groups in total. The number of phenols is 1. The van der Waals surface area contributed by atoms with Crippen LogP contribution in [0.4, 0.5) is 0 Å². The molecule has 0 atom stereocenters. The van der Waals surface area contributed by atoms with Crippen LogP contribution in [0.3, 0.4) is 0 Å². The largest absolute Gasteiger partial charge is 0.506 e. The lowest BCUT2D eigenvalue weighted by Crippen LogP contribution is -2.27. The molecule has 2 aromatic carbocycles. The first kappa shape index (κ1) is 15.9. The van der Waals surface area contributed by atoms with Crippen LogP contribution < -0.4 is 0 Å². The maximum absolute atomic E-state index is 9.73. The van der Waals surface area contributed by atoms with Gasteiger partial charge in [0.05, 0.1) is 5.02 Å². The Morgan fingerprint density at radius 2 is 1.71 bits per heavy atom. The normalized spacial score (nSPS) is 11.3. The summed E-state index contributed by atoms with van der Waals surface area (Å²) >= 11 is 6.20. The number of nitrogens with zero attached hydrogens (tertiary/aromatic N) is 1. The van der Waals surface area contributed by atoms with E-state index in [1.807, 2.05) is 18.2 Å². The molecule has 2 nitrogen and oxygen atoms in total. The highest BCUT2D eigenvalue weighted by molar-refractivity contribution is 6.32. The molecule has 0 saturated heterocycles. The van der Waals surface area contributed by atoms with E-state index in [1.54, 1.807) is 6.07 Å². The Labute approximate surface area is 132 Å². The highest BCUT2D eigenvalue weighted by Crippen LogP contribution is 2.28. The van der Waals surface area contributed by atoms with E-state index in [0.29, 0.717) is 10.9 Å². The minimum absolute atomic E-state index is 0.151. The predicted molar refractivity (Wildman–Crippen MR) is 88.5 cm³/mol. The molecule has 0 saturated carbocycles. The van der Waals surface area contributed by atoms with Crippen molar-refractivity contribution in [2.45, 2.75) is 26.9 Å². The average Bonchev–Trinajstić information content (AvgIpc) is 2.44. The fourth-order valence-electron chi connectivity index (χ4n) is 2.47. The van der Waals surface area contributed by atoms with Crippen molar-refractivity contribution < 1.29 is 5.11 Å². The monoisotopic (exact) mass is 303 g/mol. The second-order valence-corrected chi connectivity index (χ2v) is 6.18. The Morgan fingerprint density at radius 1 is 1.00 bits per heavy atom. The van der Waals surface area contributed by atoms with Crippen LogP contribution in [0.1, 0.15) is 25.0 Å². The molecular weight excluding hydrogens is 282 g/mol. The van der Waals surface area contributed by atoms with Gasteiger partial charge in [-0.2, -0.15) is 0 Å². The van der Waals surface area contributed by atoms with Gasteiger partial charge in [0.1, 0.15) is 5.75 Å². The number of aromatic hydroxyl groups is 1. The SMILES string of the molecule is CC(C)CN(Cc1ccccc1)Cc1cccc(O)c1Cl. The Balaban J connectivity index is 2.14. The molecule has 2 aromatic rings. The molecule has 0 spiro atoms. The summed E-state index contributed by atoms with van der Waals surface area (Å²) in [5, 5.41) is 10.2. The van der Waals surface area contributed by atoms with Crippen molar-refractivity contribution in [2.24, 2.45) is 5.92 Å². The third kappa shape index (κ3) is 4.76. The highest BCUT2D eigenvalue weighted by Gasteiger charge is 2.12. The molecule has 21 heavy (non-hydrogen) atoms. The molecule has 0 fully saturated rings. The van der Waals surface area contributed by atoms with Crippen LogP contribution in [0.25, 0.3) is 0 Å². The quantitative estimate of drug-likeness (QED) is 0.836. The molecule has 0 radical (unpaired) electrons. The maximum atomic E-state index is 9.73. The van der Waals surface area contributed by atoms with E-state index >= 15 is 0 Å². The molecule has 0 heterocycles. The summed E-state index contributed by atoms with van der Waals surface area (Å²) in [6.45, 7) is 7.02. The zero-order valence-electron chi connectivity index (χ0n) is 12.6. The van der Waals surface area contributed by atoms with Gasteiger partial charge in [-0.05, 0) is 23.1 Å². The second-order valence-electron chi connectivity index (χ2n) is 5.80. The summed E-state index contributed by atoms with van der Waals surface area (Å²) in [5.41, 5.74) is 2.25. The molecule has 0 aliphatic heterocycles. The van der Waals surface area contributed by atoms with Crippen molar-refractivity contribution in [3.05, 3.63) is 64.7 Å². The van der Waals surface area contributed by atoms with Gasteiger partial charge in [0, 0.05) is 19.6 Å². The van der Waals surface area contributed by atoms with Gasteiger partial charge in [-0.15, -0.1) is 0 Å². The first-order chi connectivity index (χ1) is 10.1. The van der Waals surface area contributed by atoms with Gasteiger partial charge >= 0.3 is 0 Å². The Morgan fingerprint density at radius 3 is 2.38 bits per heavy atom. The maximum Gasteiger partial charge on any atom is 0.134 e. The van der Waals surface area contributed by atoms with Crippen LogP contribution in [0.15, 0.2) is 48.5 Å². The molecule has 0 unspecified atom stereocenters. The van der Waals surface area contributed by atoms with Gasteiger partial charge in [-0.1, -0.05) is 67.9 Å². The standard InChI is InChI=1S/C18H22ClNO/c1-14(2)11-20(12-15-7-4-3-5-8-15)13-16-9-6-10-17(21)18(16)19/h3-10,14,21H,11-13H2,1-2H3. The van der Waals surface area contributed by atoms with Gasteiger partial charge in [0.15, 0.2) is 0 Å². The minimum atomic E-state index is 0.151. The van der Waals surface area contributed by atoms with Gasteiger partial charge < -0.3 is 5.11 Å².